The molecule has 2 rings (SSSR count). The van der Waals surface area contributed by atoms with E-state index in [2.05, 4.69) is 26.5 Å². The van der Waals surface area contributed by atoms with Gasteiger partial charge in [0.1, 0.15) is 0 Å². The zero-order chi connectivity index (χ0) is 13.0. The van der Waals surface area contributed by atoms with Gasteiger partial charge >= 0.3 is 0 Å². The van der Waals surface area contributed by atoms with Gasteiger partial charge in [-0.1, -0.05) is 51.8 Å². The van der Waals surface area contributed by atoms with E-state index in [1.807, 2.05) is 55.5 Å². The van der Waals surface area contributed by atoms with Crippen LogP contribution in [0.25, 0.3) is 0 Å². The van der Waals surface area contributed by atoms with Gasteiger partial charge in [-0.25, -0.2) is 0 Å². The third-order valence-electron chi connectivity index (χ3n) is 2.44. The van der Waals surface area contributed by atoms with Crippen molar-refractivity contribution in [2.75, 3.05) is 5.43 Å². The predicted molar refractivity (Wildman–Crippen MR) is 81.4 cm³/mol. The molecule has 2 aromatic carbocycles. The summed E-state index contributed by atoms with van der Waals surface area (Å²) in [4.78, 5) is 0. The Morgan fingerprint density at radius 1 is 1.17 bits per heavy atom. The zero-order valence-corrected chi connectivity index (χ0v) is 12.2. The minimum Gasteiger partial charge on any atom is -0.278 e. The summed E-state index contributed by atoms with van der Waals surface area (Å²) in [7, 11) is 0. The molecule has 0 radical (unpaired) electrons. The van der Waals surface area contributed by atoms with E-state index in [1.54, 1.807) is 0 Å². The molecule has 0 atom stereocenters. The first-order chi connectivity index (χ1) is 8.66. The molecule has 0 saturated carbocycles. The summed E-state index contributed by atoms with van der Waals surface area (Å²) in [6.07, 6.45) is 0. The molecule has 1 N–H and O–H groups in total. The fourth-order valence-corrected chi connectivity index (χ4v) is 2.19. The number of nitrogens with one attached hydrogen (secondary N) is 1. The van der Waals surface area contributed by atoms with Crippen molar-refractivity contribution in [3.63, 3.8) is 0 Å². The molecular formula is C14H12BrClN2. The van der Waals surface area contributed by atoms with Crippen molar-refractivity contribution in [1.29, 1.82) is 0 Å². The largest absolute Gasteiger partial charge is 0.278 e. The van der Waals surface area contributed by atoms with E-state index in [4.69, 9.17) is 11.6 Å². The Kier molecular flexibility index (Phi) is 4.39. The number of halogens is 2. The normalized spacial score (nSPS) is 11.4. The van der Waals surface area contributed by atoms with Crippen LogP contribution in [0.5, 0.6) is 0 Å². The first kappa shape index (κ1) is 13.1. The van der Waals surface area contributed by atoms with Crippen molar-refractivity contribution in [2.45, 2.75) is 6.92 Å². The number of benzene rings is 2. The van der Waals surface area contributed by atoms with Crippen LogP contribution in [0.15, 0.2) is 58.1 Å². The SMILES string of the molecule is CC(=NNc1cccc(Br)c1)c1ccccc1Cl. The van der Waals surface area contributed by atoms with E-state index in [1.165, 1.54) is 0 Å². The molecule has 0 aliphatic rings. The van der Waals surface area contributed by atoms with Crippen LogP contribution in [0.4, 0.5) is 5.69 Å². The van der Waals surface area contributed by atoms with Crippen molar-refractivity contribution in [3.8, 4) is 0 Å². The van der Waals surface area contributed by atoms with E-state index in [9.17, 15) is 0 Å². The van der Waals surface area contributed by atoms with E-state index in [0.717, 1.165) is 21.4 Å². The molecule has 92 valence electrons. The molecule has 2 aromatic rings. The van der Waals surface area contributed by atoms with E-state index < -0.39 is 0 Å². The number of anilines is 1. The smallest absolute Gasteiger partial charge is 0.0663 e. The molecule has 0 unspecified atom stereocenters. The summed E-state index contributed by atoms with van der Waals surface area (Å²) in [5.74, 6) is 0. The first-order valence-electron chi connectivity index (χ1n) is 5.47. The maximum absolute atomic E-state index is 6.11. The van der Waals surface area contributed by atoms with Gasteiger partial charge in [0.25, 0.3) is 0 Å². The quantitative estimate of drug-likeness (QED) is 0.628. The van der Waals surface area contributed by atoms with Gasteiger partial charge in [0.2, 0.25) is 0 Å². The standard InChI is InChI=1S/C14H12BrClN2/c1-10(13-7-2-3-8-14(13)16)17-18-12-6-4-5-11(15)9-12/h2-9,18H,1H3. The molecule has 0 spiro atoms. The fraction of sp³-hybridized carbons (Fsp3) is 0.0714. The van der Waals surface area contributed by atoms with Crippen LogP contribution < -0.4 is 5.43 Å². The first-order valence-corrected chi connectivity index (χ1v) is 6.64. The number of nitrogens with zero attached hydrogens (tertiary/aromatic N) is 1. The Bertz CT molecular complexity index is 582. The summed E-state index contributed by atoms with van der Waals surface area (Å²) in [6, 6.07) is 15.5. The predicted octanol–water partition coefficient (Wildman–Crippen LogP) is 4.94. The lowest BCUT2D eigenvalue weighted by Gasteiger charge is -2.05. The van der Waals surface area contributed by atoms with E-state index >= 15 is 0 Å². The van der Waals surface area contributed by atoms with Gasteiger partial charge in [0.05, 0.1) is 11.4 Å². The Labute approximate surface area is 120 Å². The van der Waals surface area contributed by atoms with Crippen LogP contribution in [-0.2, 0) is 0 Å². The third-order valence-corrected chi connectivity index (χ3v) is 3.26. The Hall–Kier alpha value is -1.32. The highest BCUT2D eigenvalue weighted by Gasteiger charge is 2.02. The van der Waals surface area contributed by atoms with Gasteiger partial charge in [-0.2, -0.15) is 5.10 Å². The van der Waals surface area contributed by atoms with Gasteiger partial charge in [-0.05, 0) is 31.2 Å². The van der Waals surface area contributed by atoms with Crippen molar-refractivity contribution >= 4 is 38.9 Å². The number of rotatable bonds is 3. The molecule has 0 heterocycles. The van der Waals surface area contributed by atoms with Crippen LogP contribution in [0.1, 0.15) is 12.5 Å². The second-order valence-corrected chi connectivity index (χ2v) is 5.12. The van der Waals surface area contributed by atoms with Crippen LogP contribution >= 0.6 is 27.5 Å². The van der Waals surface area contributed by atoms with Crippen molar-refractivity contribution in [1.82, 2.24) is 0 Å². The highest BCUT2D eigenvalue weighted by molar-refractivity contribution is 9.10. The zero-order valence-electron chi connectivity index (χ0n) is 9.82. The summed E-state index contributed by atoms with van der Waals surface area (Å²) in [5, 5.41) is 5.03. The molecule has 0 fully saturated rings. The van der Waals surface area contributed by atoms with E-state index in [-0.39, 0.29) is 0 Å². The van der Waals surface area contributed by atoms with Gasteiger partial charge in [-0.15, -0.1) is 0 Å². The number of hydrazone groups is 1. The minimum absolute atomic E-state index is 0.704. The Morgan fingerprint density at radius 2 is 1.94 bits per heavy atom. The molecule has 0 aliphatic carbocycles. The van der Waals surface area contributed by atoms with Crippen LogP contribution in [0.3, 0.4) is 0 Å². The summed E-state index contributed by atoms with van der Waals surface area (Å²) >= 11 is 9.53. The summed E-state index contributed by atoms with van der Waals surface area (Å²) in [6.45, 7) is 1.92. The molecule has 4 heteroatoms. The van der Waals surface area contributed by atoms with Crippen LogP contribution in [0, 0.1) is 0 Å². The molecule has 2 nitrogen and oxygen atoms in total. The number of hydrogen-bond donors (Lipinski definition) is 1. The molecular weight excluding hydrogens is 312 g/mol. The van der Waals surface area contributed by atoms with Crippen LogP contribution in [0.2, 0.25) is 5.02 Å². The third kappa shape index (κ3) is 3.34. The Morgan fingerprint density at radius 3 is 2.67 bits per heavy atom. The fourth-order valence-electron chi connectivity index (χ4n) is 1.52. The lowest BCUT2D eigenvalue weighted by atomic mass is 10.1. The van der Waals surface area contributed by atoms with Crippen molar-refractivity contribution < 1.29 is 0 Å². The van der Waals surface area contributed by atoms with Crippen molar-refractivity contribution in [3.05, 3.63) is 63.6 Å². The molecule has 18 heavy (non-hydrogen) atoms. The second-order valence-electron chi connectivity index (χ2n) is 3.80. The molecule has 0 saturated heterocycles. The molecule has 0 amide bonds. The average molecular weight is 324 g/mol. The van der Waals surface area contributed by atoms with Gasteiger partial charge in [0.15, 0.2) is 0 Å². The van der Waals surface area contributed by atoms with Crippen molar-refractivity contribution in [2.24, 2.45) is 5.10 Å². The molecule has 0 bridgehead atoms. The highest BCUT2D eigenvalue weighted by Crippen LogP contribution is 2.18. The highest BCUT2D eigenvalue weighted by atomic mass is 79.9. The van der Waals surface area contributed by atoms with Gasteiger partial charge < -0.3 is 0 Å². The van der Waals surface area contributed by atoms with E-state index in [0.29, 0.717) is 5.02 Å². The van der Waals surface area contributed by atoms with Gasteiger partial charge in [-0.3, -0.25) is 5.43 Å². The maximum atomic E-state index is 6.11. The lowest BCUT2D eigenvalue weighted by molar-refractivity contribution is 1.32. The monoisotopic (exact) mass is 322 g/mol. The second kappa shape index (κ2) is 6.03. The summed E-state index contributed by atoms with van der Waals surface area (Å²) in [5.41, 5.74) is 5.72. The molecule has 0 aliphatic heterocycles. The molecule has 0 aromatic heterocycles. The van der Waals surface area contributed by atoms with Gasteiger partial charge in [0, 0.05) is 15.1 Å². The Balaban J connectivity index is 2.17. The van der Waals surface area contributed by atoms with Crippen LogP contribution in [-0.4, -0.2) is 5.71 Å². The minimum atomic E-state index is 0.704. The maximum Gasteiger partial charge on any atom is 0.0663 e. The lowest BCUT2D eigenvalue weighted by Crippen LogP contribution is -2.00. The number of hydrogen-bond acceptors (Lipinski definition) is 2. The average Bonchev–Trinajstić information content (AvgIpc) is 2.37. The summed E-state index contributed by atoms with van der Waals surface area (Å²) < 4.78 is 1.01. The topological polar surface area (TPSA) is 24.4 Å².